The number of rotatable bonds is 8. The number of amides is 1. The molecule has 0 aromatic heterocycles. The second-order valence-corrected chi connectivity index (χ2v) is 11.8. The van der Waals surface area contributed by atoms with Gasteiger partial charge in [0.25, 0.3) is 0 Å². The molecular formula is C34H38FN3O6. The number of aliphatic hydroxyl groups excluding tert-OH is 1. The first kappa shape index (κ1) is 31.3. The molecule has 2 fully saturated rings. The van der Waals surface area contributed by atoms with E-state index in [-0.39, 0.29) is 53.2 Å². The van der Waals surface area contributed by atoms with Gasteiger partial charge >= 0.3 is 0 Å². The number of aromatic hydroxyl groups is 2. The van der Waals surface area contributed by atoms with E-state index in [0.717, 1.165) is 0 Å². The molecule has 232 valence electrons. The third kappa shape index (κ3) is 6.38. The van der Waals surface area contributed by atoms with Gasteiger partial charge < -0.3 is 25.1 Å². The molecule has 9 nitrogen and oxygen atoms in total. The number of hydrogen-bond acceptors (Lipinski definition) is 8. The van der Waals surface area contributed by atoms with Crippen molar-refractivity contribution in [3.8, 4) is 11.5 Å². The van der Waals surface area contributed by atoms with Crippen LogP contribution in [0.1, 0.15) is 37.8 Å². The van der Waals surface area contributed by atoms with Gasteiger partial charge in [0.15, 0.2) is 11.6 Å². The molecule has 44 heavy (non-hydrogen) atoms. The molecule has 2 heterocycles. The number of nitrogens with zero attached hydrogens (tertiary/aromatic N) is 3. The lowest BCUT2D eigenvalue weighted by Crippen LogP contribution is -2.60. The monoisotopic (exact) mass is 603 g/mol. The van der Waals surface area contributed by atoms with Crippen LogP contribution in [0.4, 0.5) is 4.39 Å². The van der Waals surface area contributed by atoms with E-state index >= 15 is 4.39 Å². The van der Waals surface area contributed by atoms with Crippen LogP contribution in [0.5, 0.6) is 11.5 Å². The van der Waals surface area contributed by atoms with Crippen molar-refractivity contribution in [2.75, 3.05) is 52.9 Å². The molecule has 5 rings (SSSR count). The zero-order valence-electron chi connectivity index (χ0n) is 24.9. The minimum atomic E-state index is -1.01. The van der Waals surface area contributed by atoms with Crippen molar-refractivity contribution in [2.45, 2.75) is 18.9 Å². The first-order valence-electron chi connectivity index (χ1n) is 14.8. The first-order valence-corrected chi connectivity index (χ1v) is 14.8. The summed E-state index contributed by atoms with van der Waals surface area (Å²) in [5, 5.41) is 30.9. The fraction of sp³-hybridized carbons (Fsp3) is 0.382. The number of piperidine rings is 1. The lowest BCUT2D eigenvalue weighted by molar-refractivity contribution is -0.141. The Kier molecular flexibility index (Phi) is 9.43. The standard InChI is InChI=1S/C34H38FN3O6/c1-21-26(10-5-11-29(21)35)31-27(32(42)22-6-3-8-24(40)16-22)18-38(19-28(31)33(43)23-7-4-9-25(41)17-23)30(20-39)34(44)37-14-12-36(2)13-15-37/h3-11,16-17,27-28,30-31,39-41H,12-15,18-20H2,1-2H3/t27-,28-,30?/m0/s1. The molecular weight excluding hydrogens is 565 g/mol. The van der Waals surface area contributed by atoms with Gasteiger partial charge in [-0.1, -0.05) is 36.4 Å². The van der Waals surface area contributed by atoms with Crippen molar-refractivity contribution in [1.82, 2.24) is 14.7 Å². The van der Waals surface area contributed by atoms with E-state index in [9.17, 15) is 29.7 Å². The van der Waals surface area contributed by atoms with E-state index in [0.29, 0.717) is 37.3 Å². The predicted molar refractivity (Wildman–Crippen MR) is 162 cm³/mol. The summed E-state index contributed by atoms with van der Waals surface area (Å²) < 4.78 is 15.0. The third-order valence-electron chi connectivity index (χ3n) is 9.05. The van der Waals surface area contributed by atoms with Crippen LogP contribution < -0.4 is 0 Å². The zero-order chi connectivity index (χ0) is 31.5. The molecule has 3 N–H and O–H groups in total. The number of carbonyl (C=O) groups excluding carboxylic acids is 3. The first-order chi connectivity index (χ1) is 21.1. The highest BCUT2D eigenvalue weighted by molar-refractivity contribution is 6.02. The Bertz CT molecular complexity index is 1470. The highest BCUT2D eigenvalue weighted by Crippen LogP contribution is 2.43. The molecule has 1 amide bonds. The molecule has 1 unspecified atom stereocenters. The number of halogens is 1. The van der Waals surface area contributed by atoms with Crippen LogP contribution in [0.2, 0.25) is 0 Å². The summed E-state index contributed by atoms with van der Waals surface area (Å²) in [7, 11) is 1.97. The molecule has 2 aliphatic rings. The molecule has 0 spiro atoms. The van der Waals surface area contributed by atoms with Gasteiger partial charge in [-0.25, -0.2) is 4.39 Å². The van der Waals surface area contributed by atoms with Crippen LogP contribution in [0.3, 0.4) is 0 Å². The van der Waals surface area contributed by atoms with Gasteiger partial charge in [-0.3, -0.25) is 19.3 Å². The summed E-state index contributed by atoms with van der Waals surface area (Å²) >= 11 is 0. The molecule has 0 saturated carbocycles. The Hall–Kier alpha value is -4.12. The molecule has 3 aromatic rings. The average Bonchev–Trinajstić information content (AvgIpc) is 3.02. The Morgan fingerprint density at radius 2 is 1.36 bits per heavy atom. The minimum absolute atomic E-state index is 0.0175. The maximum Gasteiger partial charge on any atom is 0.242 e. The van der Waals surface area contributed by atoms with Gasteiger partial charge in [0.2, 0.25) is 5.91 Å². The smallest absolute Gasteiger partial charge is 0.242 e. The third-order valence-corrected chi connectivity index (χ3v) is 9.05. The van der Waals surface area contributed by atoms with Crippen molar-refractivity contribution in [3.63, 3.8) is 0 Å². The summed E-state index contributed by atoms with van der Waals surface area (Å²) in [6.07, 6.45) is 0. The molecule has 10 heteroatoms. The fourth-order valence-corrected chi connectivity index (χ4v) is 6.59. The second kappa shape index (κ2) is 13.3. The molecule has 2 saturated heterocycles. The highest BCUT2D eigenvalue weighted by Gasteiger charge is 2.48. The number of hydrogen-bond donors (Lipinski definition) is 3. The summed E-state index contributed by atoms with van der Waals surface area (Å²) in [4.78, 5) is 47.9. The number of phenolic OH excluding ortho intramolecular Hbond substituents is 2. The van der Waals surface area contributed by atoms with Crippen molar-refractivity contribution >= 4 is 17.5 Å². The van der Waals surface area contributed by atoms with Gasteiger partial charge in [-0.2, -0.15) is 0 Å². The van der Waals surface area contributed by atoms with Gasteiger partial charge in [0.1, 0.15) is 23.4 Å². The largest absolute Gasteiger partial charge is 0.508 e. The van der Waals surface area contributed by atoms with Crippen LogP contribution in [0, 0.1) is 24.6 Å². The second-order valence-electron chi connectivity index (χ2n) is 11.8. The van der Waals surface area contributed by atoms with Crippen molar-refractivity contribution in [1.29, 1.82) is 0 Å². The number of piperazine rings is 1. The van der Waals surface area contributed by atoms with E-state index in [1.54, 1.807) is 53.1 Å². The van der Waals surface area contributed by atoms with Crippen LogP contribution >= 0.6 is 0 Å². The van der Waals surface area contributed by atoms with E-state index in [4.69, 9.17) is 0 Å². The molecule has 0 aliphatic carbocycles. The number of likely N-dealkylation sites (tertiary alicyclic amines) is 1. The van der Waals surface area contributed by atoms with E-state index in [2.05, 4.69) is 4.90 Å². The van der Waals surface area contributed by atoms with Crippen LogP contribution in [0.25, 0.3) is 0 Å². The lowest BCUT2D eigenvalue weighted by Gasteiger charge is -2.46. The minimum Gasteiger partial charge on any atom is -0.508 e. The highest BCUT2D eigenvalue weighted by atomic mass is 19.1. The summed E-state index contributed by atoms with van der Waals surface area (Å²) in [5.41, 5.74) is 1.23. The van der Waals surface area contributed by atoms with Crippen LogP contribution in [-0.2, 0) is 4.79 Å². The summed E-state index contributed by atoms with van der Waals surface area (Å²) in [5.74, 6) is -4.40. The topological polar surface area (TPSA) is 122 Å². The van der Waals surface area contributed by atoms with E-state index in [1.807, 2.05) is 7.05 Å². The quantitative estimate of drug-likeness (QED) is 0.336. The Morgan fingerprint density at radius 3 is 1.86 bits per heavy atom. The number of Topliss-reactive ketones (excluding diaryl/α,β-unsaturated/α-hetero) is 2. The molecule has 0 radical (unpaired) electrons. The number of benzene rings is 3. The number of likely N-dealkylation sites (N-methyl/N-ethyl adjacent to an activating group) is 1. The maximum absolute atomic E-state index is 15.0. The summed E-state index contributed by atoms with van der Waals surface area (Å²) in [6.45, 7) is 3.46. The Labute approximate surface area is 256 Å². The maximum atomic E-state index is 15.0. The summed E-state index contributed by atoms with van der Waals surface area (Å²) in [6, 6.07) is 15.4. The van der Waals surface area contributed by atoms with Crippen molar-refractivity contribution in [2.24, 2.45) is 11.8 Å². The number of ketones is 2. The van der Waals surface area contributed by atoms with E-state index in [1.165, 1.54) is 30.3 Å². The Balaban J connectivity index is 1.63. The van der Waals surface area contributed by atoms with Gasteiger partial charge in [-0.15, -0.1) is 0 Å². The Morgan fingerprint density at radius 1 is 0.841 bits per heavy atom. The molecule has 3 aromatic carbocycles. The molecule has 0 bridgehead atoms. The average molecular weight is 604 g/mol. The van der Waals surface area contributed by atoms with Gasteiger partial charge in [-0.05, 0) is 55.4 Å². The normalized spacial score (nSPS) is 20.8. The van der Waals surface area contributed by atoms with Crippen molar-refractivity contribution < 1.29 is 34.1 Å². The van der Waals surface area contributed by atoms with Crippen molar-refractivity contribution in [3.05, 3.63) is 94.8 Å². The number of aliphatic hydroxyl groups is 1. The molecule has 2 aliphatic heterocycles. The molecule has 3 atom stereocenters. The number of carbonyl (C=O) groups is 3. The predicted octanol–water partition coefficient (Wildman–Crippen LogP) is 3.08. The van der Waals surface area contributed by atoms with Crippen LogP contribution in [0.15, 0.2) is 66.7 Å². The van der Waals surface area contributed by atoms with Gasteiger partial charge in [0.05, 0.1) is 6.61 Å². The fourth-order valence-electron chi connectivity index (χ4n) is 6.59. The number of phenols is 2. The van der Waals surface area contributed by atoms with Crippen LogP contribution in [-0.4, -0.2) is 106 Å². The van der Waals surface area contributed by atoms with Gasteiger partial charge in [0, 0.05) is 68.1 Å². The lowest BCUT2D eigenvalue weighted by atomic mass is 9.67. The van der Waals surface area contributed by atoms with E-state index < -0.39 is 36.2 Å². The zero-order valence-corrected chi connectivity index (χ0v) is 24.9. The SMILES string of the molecule is Cc1c(F)cccc1C1[C@@H](C(=O)c2cccc(O)c2)CN(C(CO)C(=O)N2CCN(C)CC2)C[C@@H]1C(=O)c1cccc(O)c1.